The normalized spacial score (nSPS) is 13.9. The number of carbonyl (C=O) groups is 2. The Morgan fingerprint density at radius 2 is 1.96 bits per heavy atom. The molecule has 4 rings (SSSR count). The highest BCUT2D eigenvalue weighted by molar-refractivity contribution is 5.98. The Hall–Kier alpha value is -3.15. The third kappa shape index (κ3) is 3.69. The number of aromatic amines is 1. The van der Waals surface area contributed by atoms with E-state index >= 15 is 0 Å². The molecule has 0 radical (unpaired) electrons. The van der Waals surface area contributed by atoms with E-state index in [1.54, 1.807) is 17.0 Å². The molecule has 6 heteroatoms. The molecule has 0 spiro atoms. The van der Waals surface area contributed by atoms with Crippen LogP contribution in [0.25, 0.3) is 10.9 Å². The zero-order valence-corrected chi connectivity index (χ0v) is 15.1. The topological polar surface area (TPSA) is 78.1 Å². The molecule has 3 heterocycles. The molecule has 0 aliphatic carbocycles. The molecule has 0 bridgehead atoms. The maximum atomic E-state index is 12.5. The van der Waals surface area contributed by atoms with E-state index in [1.165, 1.54) is 17.1 Å². The molecule has 0 atom stereocenters. The quantitative estimate of drug-likeness (QED) is 0.733. The Morgan fingerprint density at radius 1 is 1.15 bits per heavy atom. The maximum Gasteiger partial charge on any atom is 0.272 e. The minimum absolute atomic E-state index is 0.0963. The van der Waals surface area contributed by atoms with Gasteiger partial charge in [0.1, 0.15) is 5.69 Å². The number of benzene rings is 1. The predicted octanol–water partition coefficient (Wildman–Crippen LogP) is 2.77. The Bertz CT molecular complexity index is 973. The summed E-state index contributed by atoms with van der Waals surface area (Å²) in [6.07, 6.45) is 6.30. The summed E-state index contributed by atoms with van der Waals surface area (Å²) in [6.45, 7) is 2.06. The number of fused-ring (bicyclic) bond motifs is 1. The van der Waals surface area contributed by atoms with Gasteiger partial charge in [0, 0.05) is 48.5 Å². The van der Waals surface area contributed by atoms with Crippen molar-refractivity contribution >= 4 is 22.7 Å². The van der Waals surface area contributed by atoms with E-state index in [0.717, 1.165) is 37.9 Å². The monoisotopic (exact) mass is 362 g/mol. The summed E-state index contributed by atoms with van der Waals surface area (Å²) in [5.74, 6) is -0.284. The average molecular weight is 362 g/mol. The van der Waals surface area contributed by atoms with Crippen molar-refractivity contribution in [2.24, 2.45) is 0 Å². The van der Waals surface area contributed by atoms with Crippen LogP contribution in [0.15, 0.2) is 48.8 Å². The van der Waals surface area contributed by atoms with Gasteiger partial charge in [-0.25, -0.2) is 0 Å². The molecule has 2 N–H and O–H groups in total. The fourth-order valence-electron chi connectivity index (χ4n) is 3.52. The number of aromatic nitrogens is 2. The summed E-state index contributed by atoms with van der Waals surface area (Å²) in [5, 5.41) is 4.11. The zero-order chi connectivity index (χ0) is 18.6. The van der Waals surface area contributed by atoms with Gasteiger partial charge in [-0.2, -0.15) is 0 Å². The Kier molecular flexibility index (Phi) is 4.87. The molecular formula is C21H22N4O2. The number of pyridine rings is 1. The van der Waals surface area contributed by atoms with Crippen LogP contribution in [0.5, 0.6) is 0 Å². The summed E-state index contributed by atoms with van der Waals surface area (Å²) in [4.78, 5) is 34.1. The van der Waals surface area contributed by atoms with Gasteiger partial charge in [-0.05, 0) is 43.0 Å². The highest BCUT2D eigenvalue weighted by Crippen LogP contribution is 2.18. The van der Waals surface area contributed by atoms with Crippen LogP contribution in [0.1, 0.15) is 39.3 Å². The Balaban J connectivity index is 1.38. The van der Waals surface area contributed by atoms with Crippen molar-refractivity contribution in [3.05, 3.63) is 65.6 Å². The van der Waals surface area contributed by atoms with Gasteiger partial charge < -0.3 is 15.2 Å². The molecule has 3 aromatic rings. The van der Waals surface area contributed by atoms with Crippen LogP contribution in [-0.4, -0.2) is 46.3 Å². The lowest BCUT2D eigenvalue weighted by Gasteiger charge is -2.14. The maximum absolute atomic E-state index is 12.5. The smallest absolute Gasteiger partial charge is 0.272 e. The van der Waals surface area contributed by atoms with Crippen LogP contribution in [0.2, 0.25) is 0 Å². The number of para-hydroxylation sites is 1. The van der Waals surface area contributed by atoms with E-state index in [9.17, 15) is 9.59 Å². The van der Waals surface area contributed by atoms with E-state index < -0.39 is 0 Å². The van der Waals surface area contributed by atoms with Crippen LogP contribution in [0.3, 0.4) is 0 Å². The number of hydrogen-bond acceptors (Lipinski definition) is 3. The minimum Gasteiger partial charge on any atom is -0.361 e. The van der Waals surface area contributed by atoms with Crippen molar-refractivity contribution in [3.63, 3.8) is 0 Å². The third-order valence-corrected chi connectivity index (χ3v) is 4.99. The van der Waals surface area contributed by atoms with Gasteiger partial charge in [0.05, 0.1) is 0 Å². The molecule has 1 aromatic carbocycles. The number of rotatable bonds is 5. The second kappa shape index (κ2) is 7.61. The van der Waals surface area contributed by atoms with E-state index in [1.807, 2.05) is 24.4 Å². The second-order valence-electron chi connectivity index (χ2n) is 6.79. The van der Waals surface area contributed by atoms with Crippen molar-refractivity contribution in [1.29, 1.82) is 0 Å². The molecule has 138 valence electrons. The van der Waals surface area contributed by atoms with Crippen molar-refractivity contribution in [3.8, 4) is 0 Å². The number of nitrogens with zero attached hydrogens (tertiary/aromatic N) is 2. The van der Waals surface area contributed by atoms with E-state index in [4.69, 9.17) is 0 Å². The van der Waals surface area contributed by atoms with Crippen LogP contribution >= 0.6 is 0 Å². The highest BCUT2D eigenvalue weighted by atomic mass is 16.2. The van der Waals surface area contributed by atoms with Crippen molar-refractivity contribution in [1.82, 2.24) is 20.2 Å². The van der Waals surface area contributed by atoms with Gasteiger partial charge in [-0.15, -0.1) is 0 Å². The van der Waals surface area contributed by atoms with E-state index in [2.05, 4.69) is 21.4 Å². The van der Waals surface area contributed by atoms with Crippen LogP contribution in [0, 0.1) is 0 Å². The van der Waals surface area contributed by atoms with Crippen molar-refractivity contribution in [2.75, 3.05) is 19.6 Å². The van der Waals surface area contributed by atoms with Crippen LogP contribution in [-0.2, 0) is 6.42 Å². The zero-order valence-electron chi connectivity index (χ0n) is 15.1. The molecule has 27 heavy (non-hydrogen) atoms. The summed E-state index contributed by atoms with van der Waals surface area (Å²) in [6, 6.07) is 11.3. The highest BCUT2D eigenvalue weighted by Gasteiger charge is 2.21. The summed E-state index contributed by atoms with van der Waals surface area (Å²) in [5.41, 5.74) is 3.07. The molecule has 0 unspecified atom stereocenters. The van der Waals surface area contributed by atoms with Crippen molar-refractivity contribution in [2.45, 2.75) is 19.3 Å². The summed E-state index contributed by atoms with van der Waals surface area (Å²) < 4.78 is 0. The Labute approximate surface area is 157 Å². The van der Waals surface area contributed by atoms with Gasteiger partial charge in [-0.3, -0.25) is 14.6 Å². The first-order valence-electron chi connectivity index (χ1n) is 9.31. The van der Waals surface area contributed by atoms with Gasteiger partial charge in [0.2, 0.25) is 0 Å². The number of nitrogens with one attached hydrogen (secondary N) is 2. The lowest BCUT2D eigenvalue weighted by atomic mass is 10.1. The molecule has 2 amide bonds. The average Bonchev–Trinajstić information content (AvgIpc) is 3.38. The fraction of sp³-hybridized carbons (Fsp3) is 0.286. The van der Waals surface area contributed by atoms with Gasteiger partial charge >= 0.3 is 0 Å². The standard InChI is InChI=1S/C21H22N4O2/c26-20(23-10-8-16-14-24-18-6-2-1-5-17(16)18)15-7-9-22-19(13-15)21(27)25-11-3-4-12-25/h1-2,5-7,9,13-14,24H,3-4,8,10-12H2,(H,23,26). The van der Waals surface area contributed by atoms with Gasteiger partial charge in [-0.1, -0.05) is 18.2 Å². The van der Waals surface area contributed by atoms with E-state index in [0.29, 0.717) is 17.8 Å². The Morgan fingerprint density at radius 3 is 2.81 bits per heavy atom. The summed E-state index contributed by atoms with van der Waals surface area (Å²) in [7, 11) is 0. The largest absolute Gasteiger partial charge is 0.361 e. The fourth-order valence-corrected chi connectivity index (χ4v) is 3.52. The molecule has 1 aliphatic heterocycles. The second-order valence-corrected chi connectivity index (χ2v) is 6.79. The van der Waals surface area contributed by atoms with Crippen molar-refractivity contribution < 1.29 is 9.59 Å². The molecule has 1 saturated heterocycles. The molecule has 1 fully saturated rings. The SMILES string of the molecule is O=C(NCCc1c[nH]c2ccccc12)c1ccnc(C(=O)N2CCCC2)c1. The molecular weight excluding hydrogens is 340 g/mol. The lowest BCUT2D eigenvalue weighted by Crippen LogP contribution is -2.29. The first-order chi connectivity index (χ1) is 13.2. The molecule has 6 nitrogen and oxygen atoms in total. The number of carbonyl (C=O) groups excluding carboxylic acids is 2. The van der Waals surface area contributed by atoms with Crippen LogP contribution in [0.4, 0.5) is 0 Å². The molecule has 1 aliphatic rings. The van der Waals surface area contributed by atoms with Gasteiger partial charge in [0.15, 0.2) is 0 Å². The first-order valence-corrected chi connectivity index (χ1v) is 9.31. The van der Waals surface area contributed by atoms with E-state index in [-0.39, 0.29) is 11.8 Å². The first kappa shape index (κ1) is 17.3. The molecule has 2 aromatic heterocycles. The minimum atomic E-state index is -0.187. The summed E-state index contributed by atoms with van der Waals surface area (Å²) >= 11 is 0. The number of amides is 2. The number of hydrogen-bond donors (Lipinski definition) is 2. The third-order valence-electron chi connectivity index (χ3n) is 4.99. The lowest BCUT2D eigenvalue weighted by molar-refractivity contribution is 0.0787. The van der Waals surface area contributed by atoms with Crippen LogP contribution < -0.4 is 5.32 Å². The van der Waals surface area contributed by atoms with Gasteiger partial charge in [0.25, 0.3) is 11.8 Å². The molecule has 0 saturated carbocycles. The predicted molar refractivity (Wildman–Crippen MR) is 104 cm³/mol. The number of likely N-dealkylation sites (tertiary alicyclic amines) is 1. The number of H-pyrrole nitrogens is 1.